The largest absolute Gasteiger partial charge is 0.337 e. The van der Waals surface area contributed by atoms with Crippen LogP contribution in [0.3, 0.4) is 0 Å². The molecule has 0 aromatic heterocycles. The number of carbonyl (C=O) groups excluding carboxylic acids is 1. The zero-order valence-corrected chi connectivity index (χ0v) is 11.8. The maximum absolute atomic E-state index is 11.7. The van der Waals surface area contributed by atoms with Crippen molar-refractivity contribution in [2.75, 3.05) is 7.05 Å². The van der Waals surface area contributed by atoms with Gasteiger partial charge in [0, 0.05) is 29.0 Å². The average molecular weight is 318 g/mol. The van der Waals surface area contributed by atoms with Crippen LogP contribution in [0.4, 0.5) is 0 Å². The first-order valence-electron chi connectivity index (χ1n) is 5.47. The number of likely N-dealkylation sites (N-methyl/N-ethyl adjacent to an activating group) is 1. The maximum Gasteiger partial charge on any atom is 0.222 e. The molecule has 0 aliphatic carbocycles. The number of piperidine rings is 1. The van der Waals surface area contributed by atoms with Gasteiger partial charge in [-0.1, -0.05) is 27.5 Å². The van der Waals surface area contributed by atoms with E-state index in [1.54, 1.807) is 11.9 Å². The molecular formula is C12H14BrClN2O. The van der Waals surface area contributed by atoms with Gasteiger partial charge in [-0.15, -0.1) is 0 Å². The Kier molecular flexibility index (Phi) is 3.76. The predicted octanol–water partition coefficient (Wildman–Crippen LogP) is 2.72. The summed E-state index contributed by atoms with van der Waals surface area (Å²) in [5.74, 6) is 0.118. The summed E-state index contributed by atoms with van der Waals surface area (Å²) in [6, 6.07) is 5.43. The van der Waals surface area contributed by atoms with E-state index in [1.165, 1.54) is 0 Å². The third-order valence-corrected chi connectivity index (χ3v) is 4.02. The molecule has 2 N–H and O–H groups in total. The van der Waals surface area contributed by atoms with Gasteiger partial charge in [0.05, 0.1) is 6.04 Å². The molecule has 3 nitrogen and oxygen atoms in total. The molecule has 17 heavy (non-hydrogen) atoms. The summed E-state index contributed by atoms with van der Waals surface area (Å²) < 4.78 is 0.940. The van der Waals surface area contributed by atoms with Gasteiger partial charge < -0.3 is 10.6 Å². The van der Waals surface area contributed by atoms with Crippen LogP contribution in [0.5, 0.6) is 0 Å². The van der Waals surface area contributed by atoms with Crippen molar-refractivity contribution in [2.24, 2.45) is 5.73 Å². The van der Waals surface area contributed by atoms with Gasteiger partial charge in [-0.25, -0.2) is 0 Å². The lowest BCUT2D eigenvalue weighted by atomic mass is 9.91. The molecular weight excluding hydrogens is 304 g/mol. The average Bonchev–Trinajstić information content (AvgIpc) is 2.29. The number of hydrogen-bond acceptors (Lipinski definition) is 2. The highest BCUT2D eigenvalue weighted by Crippen LogP contribution is 2.35. The quantitative estimate of drug-likeness (QED) is 0.865. The first-order chi connectivity index (χ1) is 8.00. The molecule has 92 valence electrons. The number of nitrogens with two attached hydrogens (primary N) is 1. The number of rotatable bonds is 1. The van der Waals surface area contributed by atoms with Crippen molar-refractivity contribution < 1.29 is 4.79 Å². The lowest BCUT2D eigenvalue weighted by molar-refractivity contribution is -0.135. The van der Waals surface area contributed by atoms with Gasteiger partial charge in [0.25, 0.3) is 0 Å². The molecule has 1 amide bonds. The van der Waals surface area contributed by atoms with E-state index in [1.807, 2.05) is 18.2 Å². The molecule has 1 aliphatic rings. The molecule has 5 heteroatoms. The summed E-state index contributed by atoms with van der Waals surface area (Å²) in [7, 11) is 1.78. The fourth-order valence-electron chi connectivity index (χ4n) is 2.25. The summed E-state index contributed by atoms with van der Waals surface area (Å²) in [6.07, 6.45) is 1.22. The molecule has 2 atom stereocenters. The zero-order chi connectivity index (χ0) is 12.6. The summed E-state index contributed by atoms with van der Waals surface area (Å²) in [6.45, 7) is 0. The van der Waals surface area contributed by atoms with Crippen molar-refractivity contribution >= 4 is 33.4 Å². The molecule has 0 bridgehead atoms. The fraction of sp³-hybridized carbons (Fsp3) is 0.417. The van der Waals surface area contributed by atoms with Crippen LogP contribution < -0.4 is 5.73 Å². The molecule has 1 saturated heterocycles. The van der Waals surface area contributed by atoms with E-state index in [0.717, 1.165) is 10.0 Å². The monoisotopic (exact) mass is 316 g/mol. The zero-order valence-electron chi connectivity index (χ0n) is 9.49. The number of nitrogens with zero attached hydrogens (tertiary/aromatic N) is 1. The van der Waals surface area contributed by atoms with Gasteiger partial charge in [-0.05, 0) is 30.2 Å². The van der Waals surface area contributed by atoms with Crippen LogP contribution in [0, 0.1) is 0 Å². The smallest absolute Gasteiger partial charge is 0.222 e. The van der Waals surface area contributed by atoms with Crippen LogP contribution >= 0.6 is 27.5 Å². The van der Waals surface area contributed by atoms with Crippen LogP contribution in [0.15, 0.2) is 22.7 Å². The molecule has 1 aromatic carbocycles. The van der Waals surface area contributed by atoms with E-state index in [0.29, 0.717) is 17.9 Å². The number of amides is 1. The van der Waals surface area contributed by atoms with Gasteiger partial charge in [-0.2, -0.15) is 0 Å². The van der Waals surface area contributed by atoms with Crippen molar-refractivity contribution in [3.05, 3.63) is 33.3 Å². The second kappa shape index (κ2) is 4.96. The van der Waals surface area contributed by atoms with E-state index in [9.17, 15) is 4.79 Å². The Hall–Kier alpha value is -0.580. The third kappa shape index (κ3) is 2.49. The van der Waals surface area contributed by atoms with E-state index < -0.39 is 0 Å². The third-order valence-electron chi connectivity index (χ3n) is 3.18. The van der Waals surface area contributed by atoms with Crippen molar-refractivity contribution in [2.45, 2.75) is 24.9 Å². The molecule has 0 radical (unpaired) electrons. The van der Waals surface area contributed by atoms with Gasteiger partial charge in [-0.3, -0.25) is 4.79 Å². The van der Waals surface area contributed by atoms with Crippen molar-refractivity contribution in [1.29, 1.82) is 0 Å². The van der Waals surface area contributed by atoms with E-state index in [-0.39, 0.29) is 18.0 Å². The van der Waals surface area contributed by atoms with Gasteiger partial charge in [0.15, 0.2) is 0 Å². The van der Waals surface area contributed by atoms with Crippen LogP contribution in [0.2, 0.25) is 5.02 Å². The number of halogens is 2. The Morgan fingerprint density at radius 1 is 1.53 bits per heavy atom. The highest BCUT2D eigenvalue weighted by atomic mass is 79.9. The second-order valence-electron chi connectivity index (χ2n) is 4.32. The highest BCUT2D eigenvalue weighted by molar-refractivity contribution is 9.10. The lowest BCUT2D eigenvalue weighted by Crippen LogP contribution is -2.46. The molecule has 2 rings (SSSR count). The molecule has 0 spiro atoms. The Morgan fingerprint density at radius 2 is 2.24 bits per heavy atom. The Labute approximate surface area is 114 Å². The Morgan fingerprint density at radius 3 is 2.94 bits per heavy atom. The summed E-state index contributed by atoms with van der Waals surface area (Å²) in [5, 5.41) is 0.648. The Balaban J connectivity index is 2.42. The minimum atomic E-state index is -0.138. The van der Waals surface area contributed by atoms with Gasteiger partial charge in [0.1, 0.15) is 0 Å². The topological polar surface area (TPSA) is 46.3 Å². The summed E-state index contributed by atoms with van der Waals surface area (Å²) in [5.41, 5.74) is 7.02. The van der Waals surface area contributed by atoms with E-state index in [4.69, 9.17) is 17.3 Å². The van der Waals surface area contributed by atoms with Crippen molar-refractivity contribution in [3.63, 3.8) is 0 Å². The van der Waals surface area contributed by atoms with E-state index >= 15 is 0 Å². The lowest BCUT2D eigenvalue weighted by Gasteiger charge is -2.37. The molecule has 0 saturated carbocycles. The van der Waals surface area contributed by atoms with Gasteiger partial charge >= 0.3 is 0 Å². The van der Waals surface area contributed by atoms with E-state index in [2.05, 4.69) is 15.9 Å². The summed E-state index contributed by atoms with van der Waals surface area (Å²) >= 11 is 9.61. The molecule has 1 heterocycles. The molecule has 1 aliphatic heterocycles. The van der Waals surface area contributed by atoms with Crippen LogP contribution in [-0.2, 0) is 4.79 Å². The number of likely N-dealkylation sites (tertiary alicyclic amines) is 1. The van der Waals surface area contributed by atoms with Crippen molar-refractivity contribution in [3.8, 4) is 0 Å². The normalized spacial score (nSPS) is 25.2. The maximum atomic E-state index is 11.7. The molecule has 1 fully saturated rings. The Bertz CT molecular complexity index is 452. The highest BCUT2D eigenvalue weighted by Gasteiger charge is 2.33. The molecule has 2 unspecified atom stereocenters. The first-order valence-corrected chi connectivity index (χ1v) is 6.64. The molecule has 1 aromatic rings. The van der Waals surface area contributed by atoms with Crippen LogP contribution in [-0.4, -0.2) is 23.9 Å². The fourth-order valence-corrected chi connectivity index (χ4v) is 2.86. The summed E-state index contributed by atoms with van der Waals surface area (Å²) in [4.78, 5) is 13.4. The second-order valence-corrected chi connectivity index (χ2v) is 5.64. The SMILES string of the molecule is CN1C(=O)CCC(N)C1c1cc(Br)ccc1Cl. The van der Waals surface area contributed by atoms with Crippen LogP contribution in [0.1, 0.15) is 24.4 Å². The van der Waals surface area contributed by atoms with Crippen LogP contribution in [0.25, 0.3) is 0 Å². The number of hydrogen-bond donors (Lipinski definition) is 1. The minimum absolute atomic E-state index is 0.0653. The predicted molar refractivity (Wildman–Crippen MR) is 71.9 cm³/mol. The van der Waals surface area contributed by atoms with Gasteiger partial charge in [0.2, 0.25) is 5.91 Å². The number of carbonyl (C=O) groups is 1. The minimum Gasteiger partial charge on any atom is -0.337 e. The first kappa shape index (κ1) is 12.9. The standard InChI is InChI=1S/C12H14BrClN2O/c1-16-11(17)5-4-10(15)12(16)8-6-7(13)2-3-9(8)14/h2-3,6,10,12H,4-5,15H2,1H3. The van der Waals surface area contributed by atoms with Crippen molar-refractivity contribution in [1.82, 2.24) is 4.90 Å². The number of benzene rings is 1.